The lowest BCUT2D eigenvalue weighted by Crippen LogP contribution is -2.48. The lowest BCUT2D eigenvalue weighted by Gasteiger charge is -2.34. The van der Waals surface area contributed by atoms with Crippen LogP contribution in [-0.2, 0) is 9.53 Å². The Morgan fingerprint density at radius 1 is 1.06 bits per heavy atom. The van der Waals surface area contributed by atoms with Gasteiger partial charge < -0.3 is 19.5 Å². The maximum atomic E-state index is 13.0. The van der Waals surface area contributed by atoms with Gasteiger partial charge in [-0.05, 0) is 48.2 Å². The SMILES string of the molecule is CCOC(=O)C1=C(COc2ccc(C(C)C)cc2)N(C)C(=O)N[C@H]1c1ccc(OC)cc1. The largest absolute Gasteiger partial charge is 0.497 e. The van der Waals surface area contributed by atoms with Crippen LogP contribution in [0, 0.1) is 0 Å². The molecule has 1 N–H and O–H groups in total. The minimum Gasteiger partial charge on any atom is -0.497 e. The summed E-state index contributed by atoms with van der Waals surface area (Å²) >= 11 is 0. The number of nitrogens with zero attached hydrogens (tertiary/aromatic N) is 1. The van der Waals surface area contributed by atoms with Crippen molar-refractivity contribution in [2.75, 3.05) is 27.4 Å². The zero-order valence-electron chi connectivity index (χ0n) is 19.2. The second-order valence-electron chi connectivity index (χ2n) is 7.81. The fraction of sp³-hybridized carbons (Fsp3) is 0.360. The van der Waals surface area contributed by atoms with Gasteiger partial charge in [0, 0.05) is 7.05 Å². The molecule has 0 saturated heterocycles. The van der Waals surface area contributed by atoms with Crippen LogP contribution in [0.15, 0.2) is 59.8 Å². The quantitative estimate of drug-likeness (QED) is 0.618. The Morgan fingerprint density at radius 3 is 2.25 bits per heavy atom. The van der Waals surface area contributed by atoms with E-state index in [-0.39, 0.29) is 19.2 Å². The zero-order chi connectivity index (χ0) is 23.3. The van der Waals surface area contributed by atoms with Crippen molar-refractivity contribution in [2.24, 2.45) is 0 Å². The van der Waals surface area contributed by atoms with Crippen LogP contribution in [0.3, 0.4) is 0 Å². The third-order valence-corrected chi connectivity index (χ3v) is 5.44. The highest BCUT2D eigenvalue weighted by atomic mass is 16.5. The minimum atomic E-state index is -0.662. The predicted molar refractivity (Wildman–Crippen MR) is 122 cm³/mol. The van der Waals surface area contributed by atoms with Crippen LogP contribution in [0.25, 0.3) is 0 Å². The summed E-state index contributed by atoms with van der Waals surface area (Å²) in [5, 5.41) is 2.89. The van der Waals surface area contributed by atoms with E-state index in [1.54, 1.807) is 33.2 Å². The number of ether oxygens (including phenoxy) is 3. The number of carbonyl (C=O) groups excluding carboxylic acids is 2. The van der Waals surface area contributed by atoms with E-state index in [1.165, 1.54) is 10.5 Å². The van der Waals surface area contributed by atoms with Crippen LogP contribution in [0.2, 0.25) is 0 Å². The molecule has 32 heavy (non-hydrogen) atoms. The first-order valence-electron chi connectivity index (χ1n) is 10.7. The fourth-order valence-corrected chi connectivity index (χ4v) is 3.53. The molecule has 2 aromatic carbocycles. The molecule has 7 nitrogen and oxygen atoms in total. The van der Waals surface area contributed by atoms with Gasteiger partial charge in [-0.1, -0.05) is 38.1 Å². The normalized spacial score (nSPS) is 16.1. The molecular formula is C25H30N2O5. The van der Waals surface area contributed by atoms with Gasteiger partial charge in [0.25, 0.3) is 0 Å². The third kappa shape index (κ3) is 5.04. The number of likely N-dealkylation sites (N-methyl/N-ethyl adjacent to an activating group) is 1. The summed E-state index contributed by atoms with van der Waals surface area (Å²) in [6.45, 7) is 6.27. The molecular weight excluding hydrogens is 408 g/mol. The molecule has 7 heteroatoms. The number of amides is 2. The summed E-state index contributed by atoms with van der Waals surface area (Å²) in [5.74, 6) is 1.27. The molecule has 1 aliphatic heterocycles. The van der Waals surface area contributed by atoms with E-state index >= 15 is 0 Å². The van der Waals surface area contributed by atoms with Gasteiger partial charge in [-0.25, -0.2) is 9.59 Å². The number of rotatable bonds is 8. The Morgan fingerprint density at radius 2 is 1.69 bits per heavy atom. The Bertz CT molecular complexity index is 980. The zero-order valence-corrected chi connectivity index (χ0v) is 19.2. The van der Waals surface area contributed by atoms with Gasteiger partial charge in [0.15, 0.2) is 0 Å². The maximum absolute atomic E-state index is 13.0. The lowest BCUT2D eigenvalue weighted by molar-refractivity contribution is -0.139. The summed E-state index contributed by atoms with van der Waals surface area (Å²) in [6.07, 6.45) is 0. The van der Waals surface area contributed by atoms with Gasteiger partial charge in [-0.3, -0.25) is 4.90 Å². The van der Waals surface area contributed by atoms with E-state index in [1.807, 2.05) is 36.4 Å². The molecule has 170 valence electrons. The molecule has 1 aliphatic rings. The molecule has 0 aromatic heterocycles. The molecule has 0 unspecified atom stereocenters. The molecule has 2 amide bonds. The smallest absolute Gasteiger partial charge is 0.338 e. The molecule has 0 fully saturated rings. The molecule has 1 atom stereocenters. The summed E-state index contributed by atoms with van der Waals surface area (Å²) < 4.78 is 16.5. The maximum Gasteiger partial charge on any atom is 0.338 e. The van der Waals surface area contributed by atoms with Crippen LogP contribution >= 0.6 is 0 Å². The van der Waals surface area contributed by atoms with Crippen LogP contribution < -0.4 is 14.8 Å². The molecule has 3 rings (SSSR count). The van der Waals surface area contributed by atoms with Crippen LogP contribution in [0.4, 0.5) is 4.79 Å². The molecule has 0 saturated carbocycles. The minimum absolute atomic E-state index is 0.0474. The number of nitrogens with one attached hydrogen (secondary N) is 1. The van der Waals surface area contributed by atoms with Gasteiger partial charge in [0.1, 0.15) is 18.1 Å². The van der Waals surface area contributed by atoms with Crippen molar-refractivity contribution in [1.29, 1.82) is 0 Å². The van der Waals surface area contributed by atoms with Gasteiger partial charge in [0.2, 0.25) is 0 Å². The van der Waals surface area contributed by atoms with Crippen molar-refractivity contribution in [3.8, 4) is 11.5 Å². The number of methoxy groups -OCH3 is 1. The first-order valence-corrected chi connectivity index (χ1v) is 10.7. The van der Waals surface area contributed by atoms with E-state index in [2.05, 4.69) is 19.2 Å². The highest BCUT2D eigenvalue weighted by molar-refractivity contribution is 5.95. The number of hydrogen-bond acceptors (Lipinski definition) is 5. The number of esters is 1. The second-order valence-corrected chi connectivity index (χ2v) is 7.81. The van der Waals surface area contributed by atoms with E-state index in [0.717, 1.165) is 5.56 Å². The van der Waals surface area contributed by atoms with E-state index < -0.39 is 12.0 Å². The van der Waals surface area contributed by atoms with Crippen molar-refractivity contribution < 1.29 is 23.8 Å². The Balaban J connectivity index is 1.96. The van der Waals surface area contributed by atoms with E-state index in [9.17, 15) is 9.59 Å². The average molecular weight is 439 g/mol. The van der Waals surface area contributed by atoms with Crippen molar-refractivity contribution >= 4 is 12.0 Å². The van der Waals surface area contributed by atoms with Crippen molar-refractivity contribution in [3.63, 3.8) is 0 Å². The number of hydrogen-bond donors (Lipinski definition) is 1. The summed E-state index contributed by atoms with van der Waals surface area (Å²) in [7, 11) is 3.19. The monoisotopic (exact) mass is 438 g/mol. The molecule has 2 aromatic rings. The fourth-order valence-electron chi connectivity index (χ4n) is 3.53. The topological polar surface area (TPSA) is 77.1 Å². The van der Waals surface area contributed by atoms with E-state index in [0.29, 0.717) is 28.7 Å². The van der Waals surface area contributed by atoms with Gasteiger partial charge in [0.05, 0.1) is 31.0 Å². The molecule has 0 radical (unpaired) electrons. The highest BCUT2D eigenvalue weighted by Crippen LogP contribution is 2.32. The first kappa shape index (κ1) is 23.2. The molecule has 0 spiro atoms. The average Bonchev–Trinajstić information content (AvgIpc) is 2.80. The predicted octanol–water partition coefficient (Wildman–Crippen LogP) is 4.41. The third-order valence-electron chi connectivity index (χ3n) is 5.44. The summed E-state index contributed by atoms with van der Waals surface area (Å²) in [5.41, 5.74) is 2.76. The Hall–Kier alpha value is -3.48. The number of benzene rings is 2. The Kier molecular flexibility index (Phi) is 7.41. The van der Waals surface area contributed by atoms with Crippen LogP contribution in [0.5, 0.6) is 11.5 Å². The summed E-state index contributed by atoms with van der Waals surface area (Å²) in [4.78, 5) is 27.1. The van der Waals surface area contributed by atoms with Crippen molar-refractivity contribution in [2.45, 2.75) is 32.7 Å². The highest BCUT2D eigenvalue weighted by Gasteiger charge is 2.37. The number of urea groups is 1. The molecule has 0 aliphatic carbocycles. The molecule has 0 bridgehead atoms. The molecule has 1 heterocycles. The lowest BCUT2D eigenvalue weighted by atomic mass is 9.94. The summed E-state index contributed by atoms with van der Waals surface area (Å²) in [6, 6.07) is 14.0. The van der Waals surface area contributed by atoms with Crippen molar-refractivity contribution in [3.05, 3.63) is 70.9 Å². The standard InChI is InChI=1S/C25H30N2O5/c1-6-31-24(28)22-21(15-32-20-13-7-17(8-14-20)16(2)3)27(4)25(29)26-23(22)18-9-11-19(30-5)12-10-18/h7-14,16,23H,6,15H2,1-5H3,(H,26,29)/t23-/m0/s1. The van der Waals surface area contributed by atoms with E-state index in [4.69, 9.17) is 14.2 Å². The van der Waals surface area contributed by atoms with Gasteiger partial charge >= 0.3 is 12.0 Å². The van der Waals surface area contributed by atoms with Crippen LogP contribution in [-0.4, -0.2) is 44.3 Å². The van der Waals surface area contributed by atoms with Gasteiger partial charge in [-0.15, -0.1) is 0 Å². The van der Waals surface area contributed by atoms with Crippen molar-refractivity contribution in [1.82, 2.24) is 10.2 Å². The van der Waals surface area contributed by atoms with Crippen LogP contribution in [0.1, 0.15) is 43.9 Å². The van der Waals surface area contributed by atoms with Gasteiger partial charge in [-0.2, -0.15) is 0 Å². The second kappa shape index (κ2) is 10.2. The Labute approximate surface area is 189 Å². The number of carbonyl (C=O) groups is 2. The first-order chi connectivity index (χ1) is 15.3.